The van der Waals surface area contributed by atoms with Crippen LogP contribution < -0.4 is 5.73 Å². The summed E-state index contributed by atoms with van der Waals surface area (Å²) < 4.78 is 0. The van der Waals surface area contributed by atoms with Gasteiger partial charge < -0.3 is 10.8 Å². The largest absolute Gasteiger partial charge is 0.393 e. The van der Waals surface area contributed by atoms with E-state index < -0.39 is 0 Å². The van der Waals surface area contributed by atoms with Crippen LogP contribution >= 0.6 is 0 Å². The third-order valence-electron chi connectivity index (χ3n) is 13.1. The molecule has 0 saturated heterocycles. The molecule has 5 aliphatic rings. The van der Waals surface area contributed by atoms with Crippen molar-refractivity contribution < 1.29 is 5.11 Å². The summed E-state index contributed by atoms with van der Waals surface area (Å²) in [7, 11) is 0. The van der Waals surface area contributed by atoms with Gasteiger partial charge in [-0.25, -0.2) is 0 Å². The lowest BCUT2D eigenvalue weighted by molar-refractivity contribution is -0.242. The summed E-state index contributed by atoms with van der Waals surface area (Å²) in [4.78, 5) is 0. The van der Waals surface area contributed by atoms with Crippen molar-refractivity contribution >= 4 is 0 Å². The molecular weight excluding hydrogens is 378 g/mol. The molecule has 176 valence electrons. The molecule has 0 radical (unpaired) electrons. The molecule has 0 spiro atoms. The first-order valence-corrected chi connectivity index (χ1v) is 13.4. The van der Waals surface area contributed by atoms with E-state index in [0.717, 1.165) is 18.3 Å². The predicted octanol–water partition coefficient (Wildman–Crippen LogP) is 6.72. The standard InChI is InChI=1S/C29H49NO/c1-18(2)19-10-15-29(30)17-16-27(6)20(24(19)29)8-9-22-26(5)13-12-23(31)25(3,4)21(26)11-14-28(22,27)7/h19-24,31H,1,8-17,30H2,2-7H3/t19-,20+,21-,22+,23-,24+,26-,27+,28+,29?/m0/s1. The Kier molecular flexibility index (Phi) is 4.80. The van der Waals surface area contributed by atoms with Crippen LogP contribution in [0.1, 0.15) is 106 Å². The number of fused-ring (bicyclic) bond motifs is 7. The number of aliphatic hydroxyl groups excluding tert-OH is 1. The summed E-state index contributed by atoms with van der Waals surface area (Å²) in [6, 6.07) is 0. The van der Waals surface area contributed by atoms with E-state index in [1.807, 2.05) is 0 Å². The molecule has 2 nitrogen and oxygen atoms in total. The minimum absolute atomic E-state index is 0.0432. The first-order chi connectivity index (χ1) is 14.3. The van der Waals surface area contributed by atoms with Crippen LogP contribution in [0.4, 0.5) is 0 Å². The Morgan fingerprint density at radius 2 is 1.52 bits per heavy atom. The fraction of sp³-hybridized carbons (Fsp3) is 0.931. The Bertz CT molecular complexity index is 773. The fourth-order valence-corrected chi connectivity index (χ4v) is 11.2. The van der Waals surface area contributed by atoms with Crippen LogP contribution in [0.5, 0.6) is 0 Å². The van der Waals surface area contributed by atoms with Crippen molar-refractivity contribution in [2.45, 2.75) is 117 Å². The van der Waals surface area contributed by atoms with E-state index in [4.69, 9.17) is 5.73 Å². The first kappa shape index (κ1) is 22.5. The van der Waals surface area contributed by atoms with E-state index in [1.165, 1.54) is 63.4 Å². The van der Waals surface area contributed by atoms with Crippen LogP contribution in [0.2, 0.25) is 0 Å². The molecule has 5 aliphatic carbocycles. The minimum Gasteiger partial charge on any atom is -0.393 e. The summed E-state index contributed by atoms with van der Waals surface area (Å²) in [5.74, 6) is 3.44. The number of hydrogen-bond donors (Lipinski definition) is 2. The quantitative estimate of drug-likeness (QED) is 0.456. The van der Waals surface area contributed by atoms with Gasteiger partial charge in [0, 0.05) is 5.54 Å². The van der Waals surface area contributed by atoms with Gasteiger partial charge >= 0.3 is 0 Å². The molecular formula is C29H49NO. The highest BCUT2D eigenvalue weighted by Gasteiger charge is 2.70. The Morgan fingerprint density at radius 3 is 2.19 bits per heavy atom. The number of rotatable bonds is 1. The van der Waals surface area contributed by atoms with Gasteiger partial charge in [-0.1, -0.05) is 46.8 Å². The van der Waals surface area contributed by atoms with Gasteiger partial charge in [0.1, 0.15) is 0 Å². The van der Waals surface area contributed by atoms with Gasteiger partial charge in [0.2, 0.25) is 0 Å². The Hall–Kier alpha value is -0.340. The van der Waals surface area contributed by atoms with E-state index in [0.29, 0.717) is 34.0 Å². The lowest BCUT2D eigenvalue weighted by atomic mass is 9.32. The lowest BCUT2D eigenvalue weighted by Gasteiger charge is -2.72. The van der Waals surface area contributed by atoms with Crippen molar-refractivity contribution in [2.75, 3.05) is 0 Å². The number of allylic oxidation sites excluding steroid dienone is 1. The zero-order chi connectivity index (χ0) is 22.6. The van der Waals surface area contributed by atoms with Gasteiger partial charge in [0.15, 0.2) is 0 Å². The van der Waals surface area contributed by atoms with Gasteiger partial charge in [-0.3, -0.25) is 0 Å². The number of nitrogens with two attached hydrogens (primary N) is 1. The molecule has 0 aromatic carbocycles. The van der Waals surface area contributed by atoms with Crippen molar-refractivity contribution in [1.29, 1.82) is 0 Å². The molecule has 0 heterocycles. The molecule has 5 saturated carbocycles. The van der Waals surface area contributed by atoms with Crippen LogP contribution in [0.15, 0.2) is 12.2 Å². The topological polar surface area (TPSA) is 46.2 Å². The monoisotopic (exact) mass is 427 g/mol. The van der Waals surface area contributed by atoms with Crippen molar-refractivity contribution in [3.63, 3.8) is 0 Å². The molecule has 2 heteroatoms. The molecule has 5 rings (SSSR count). The molecule has 3 N–H and O–H groups in total. The average Bonchev–Trinajstić information content (AvgIpc) is 3.04. The normalized spacial score (nSPS) is 57.9. The summed E-state index contributed by atoms with van der Waals surface area (Å²) in [5.41, 5.74) is 9.80. The third kappa shape index (κ3) is 2.64. The molecule has 31 heavy (non-hydrogen) atoms. The molecule has 0 aromatic rings. The van der Waals surface area contributed by atoms with Crippen LogP contribution in [0, 0.1) is 51.2 Å². The summed E-state index contributed by atoms with van der Waals surface area (Å²) in [5, 5.41) is 10.9. The van der Waals surface area contributed by atoms with Crippen LogP contribution in [0.25, 0.3) is 0 Å². The molecule has 0 bridgehead atoms. The van der Waals surface area contributed by atoms with Crippen LogP contribution in [0.3, 0.4) is 0 Å². The Labute approximate surface area is 191 Å². The Morgan fingerprint density at radius 1 is 0.806 bits per heavy atom. The molecule has 0 aromatic heterocycles. The minimum atomic E-state index is -0.135. The maximum Gasteiger partial charge on any atom is 0.0594 e. The van der Waals surface area contributed by atoms with E-state index in [-0.39, 0.29) is 17.1 Å². The highest BCUT2D eigenvalue weighted by atomic mass is 16.3. The van der Waals surface area contributed by atoms with Crippen molar-refractivity contribution in [2.24, 2.45) is 57.0 Å². The summed E-state index contributed by atoms with van der Waals surface area (Å²) >= 11 is 0. The lowest BCUT2D eigenvalue weighted by Crippen LogP contribution is -2.68. The predicted molar refractivity (Wildman–Crippen MR) is 129 cm³/mol. The van der Waals surface area contributed by atoms with Gasteiger partial charge in [-0.15, -0.1) is 0 Å². The first-order valence-electron chi connectivity index (χ1n) is 13.4. The smallest absolute Gasteiger partial charge is 0.0594 e. The molecule has 1 unspecified atom stereocenters. The maximum absolute atomic E-state index is 10.9. The van der Waals surface area contributed by atoms with Gasteiger partial charge in [0.25, 0.3) is 0 Å². The Balaban J connectivity index is 1.54. The fourth-order valence-electron chi connectivity index (χ4n) is 11.2. The molecule has 0 aliphatic heterocycles. The van der Waals surface area contributed by atoms with Gasteiger partial charge in [-0.2, -0.15) is 0 Å². The highest BCUT2D eigenvalue weighted by molar-refractivity contribution is 5.23. The molecule has 0 amide bonds. The second kappa shape index (κ2) is 6.62. The SMILES string of the molecule is C=C(C)[C@@H]1CCC2(N)CC[C@]3(C)[C@H](CC[C@@H]4[C@@]5(C)CC[C@H](O)C(C)(C)[C@@H]5CC[C@]43C)[C@@H]12. The van der Waals surface area contributed by atoms with E-state index in [1.54, 1.807) is 0 Å². The van der Waals surface area contributed by atoms with E-state index in [9.17, 15) is 5.11 Å². The second-order valence-electron chi connectivity index (χ2n) is 14.3. The van der Waals surface area contributed by atoms with Gasteiger partial charge in [-0.05, 0) is 122 Å². The average molecular weight is 428 g/mol. The number of hydrogen-bond acceptors (Lipinski definition) is 2. The summed E-state index contributed by atoms with van der Waals surface area (Å²) in [6.45, 7) is 19.4. The molecule has 10 atom stereocenters. The second-order valence-corrected chi connectivity index (χ2v) is 14.3. The van der Waals surface area contributed by atoms with Crippen molar-refractivity contribution in [1.82, 2.24) is 0 Å². The molecule has 5 fully saturated rings. The van der Waals surface area contributed by atoms with Gasteiger partial charge in [0.05, 0.1) is 6.10 Å². The van der Waals surface area contributed by atoms with E-state index in [2.05, 4.69) is 48.1 Å². The van der Waals surface area contributed by atoms with Crippen molar-refractivity contribution in [3.05, 3.63) is 12.2 Å². The zero-order valence-corrected chi connectivity index (χ0v) is 21.3. The van der Waals surface area contributed by atoms with Crippen LogP contribution in [-0.4, -0.2) is 16.7 Å². The summed E-state index contributed by atoms with van der Waals surface area (Å²) in [6.07, 6.45) is 12.4. The number of aliphatic hydroxyl groups is 1. The maximum atomic E-state index is 10.9. The highest BCUT2D eigenvalue weighted by Crippen LogP contribution is 2.76. The van der Waals surface area contributed by atoms with Crippen LogP contribution in [-0.2, 0) is 0 Å². The third-order valence-corrected chi connectivity index (χ3v) is 13.1. The van der Waals surface area contributed by atoms with Crippen molar-refractivity contribution in [3.8, 4) is 0 Å². The zero-order valence-electron chi connectivity index (χ0n) is 21.3. The van der Waals surface area contributed by atoms with E-state index >= 15 is 0 Å².